The minimum atomic E-state index is -0.453. The van der Waals surface area contributed by atoms with Crippen molar-refractivity contribution >= 4 is 0 Å². The molecule has 1 aliphatic heterocycles. The minimum Gasteiger partial charge on any atom is -0.252 e. The summed E-state index contributed by atoms with van der Waals surface area (Å²) in [4.78, 5) is 10.7. The number of hydrogen-bond donors (Lipinski definition) is 0. The summed E-state index contributed by atoms with van der Waals surface area (Å²) >= 11 is 0. The van der Waals surface area contributed by atoms with Gasteiger partial charge in [-0.25, -0.2) is 0 Å². The van der Waals surface area contributed by atoms with Crippen molar-refractivity contribution in [3.63, 3.8) is 0 Å². The SMILES string of the molecule is CC1(c2ccccc2)c2cccc(c2)-c2cccc(n2)C(C)(c2ccccc2)c2cccc(c2)-c2cccc1n2. The Hall–Kier alpha value is -4.82. The van der Waals surface area contributed by atoms with E-state index >= 15 is 0 Å². The monoisotopic (exact) mass is 514 g/mol. The lowest BCUT2D eigenvalue weighted by Gasteiger charge is -2.33. The molecule has 40 heavy (non-hydrogen) atoms. The number of rotatable bonds is 2. The Morgan fingerprint density at radius 2 is 0.750 bits per heavy atom. The van der Waals surface area contributed by atoms with E-state index in [9.17, 15) is 0 Å². The lowest BCUT2D eigenvalue weighted by molar-refractivity contribution is 0.662. The van der Waals surface area contributed by atoms with Gasteiger partial charge in [-0.15, -0.1) is 0 Å². The smallest absolute Gasteiger partial charge is 0.0705 e. The fourth-order valence-corrected chi connectivity index (χ4v) is 6.19. The molecule has 2 heteroatoms. The molecule has 192 valence electrons. The van der Waals surface area contributed by atoms with Crippen LogP contribution in [0.25, 0.3) is 22.5 Å². The fourth-order valence-electron chi connectivity index (χ4n) is 6.19. The topological polar surface area (TPSA) is 25.8 Å². The predicted octanol–water partition coefficient (Wildman–Crippen LogP) is 8.83. The highest BCUT2D eigenvalue weighted by atomic mass is 14.8. The lowest BCUT2D eigenvalue weighted by Crippen LogP contribution is -2.28. The van der Waals surface area contributed by atoms with Crippen molar-refractivity contribution in [1.82, 2.24) is 9.97 Å². The van der Waals surface area contributed by atoms with Crippen LogP contribution in [0, 0.1) is 0 Å². The molecule has 1 aliphatic rings. The molecule has 7 rings (SSSR count). The van der Waals surface area contributed by atoms with Crippen LogP contribution in [0.3, 0.4) is 0 Å². The van der Waals surface area contributed by atoms with E-state index in [2.05, 4.69) is 159 Å². The highest BCUT2D eigenvalue weighted by molar-refractivity contribution is 5.67. The van der Waals surface area contributed by atoms with Crippen molar-refractivity contribution < 1.29 is 0 Å². The van der Waals surface area contributed by atoms with Gasteiger partial charge < -0.3 is 0 Å². The number of hydrogen-bond acceptors (Lipinski definition) is 2. The number of fused-ring (bicyclic) bond motifs is 10. The molecule has 2 aromatic heterocycles. The largest absolute Gasteiger partial charge is 0.252 e. The Balaban J connectivity index is 1.58. The zero-order valence-corrected chi connectivity index (χ0v) is 22.8. The van der Waals surface area contributed by atoms with Gasteiger partial charge in [-0.1, -0.05) is 109 Å². The maximum absolute atomic E-state index is 5.35. The van der Waals surface area contributed by atoms with Crippen LogP contribution in [0.5, 0.6) is 0 Å². The molecule has 0 amide bonds. The van der Waals surface area contributed by atoms with E-state index < -0.39 is 10.8 Å². The molecule has 6 aromatic rings. The molecule has 0 fully saturated rings. The van der Waals surface area contributed by atoms with Crippen molar-refractivity contribution in [3.8, 4) is 22.5 Å². The van der Waals surface area contributed by atoms with E-state index in [1.165, 1.54) is 22.3 Å². The molecule has 0 saturated carbocycles. The third-order valence-electron chi connectivity index (χ3n) is 8.70. The third-order valence-corrected chi connectivity index (χ3v) is 8.70. The van der Waals surface area contributed by atoms with Crippen molar-refractivity contribution in [2.75, 3.05) is 0 Å². The molecule has 2 nitrogen and oxygen atoms in total. The first kappa shape index (κ1) is 24.2. The molecule has 0 spiro atoms. The molecule has 0 N–H and O–H groups in total. The summed E-state index contributed by atoms with van der Waals surface area (Å²) in [5.41, 5.74) is 10.0. The van der Waals surface area contributed by atoms with E-state index in [1.807, 2.05) is 0 Å². The molecule has 2 unspecified atom stereocenters. The zero-order chi connectivity index (χ0) is 27.2. The second-order valence-corrected chi connectivity index (χ2v) is 11.0. The number of nitrogens with zero attached hydrogens (tertiary/aromatic N) is 2. The second-order valence-electron chi connectivity index (χ2n) is 11.0. The van der Waals surface area contributed by atoms with E-state index in [0.29, 0.717) is 0 Å². The molecule has 0 saturated heterocycles. The van der Waals surface area contributed by atoms with Gasteiger partial charge in [0, 0.05) is 11.1 Å². The Kier molecular flexibility index (Phi) is 5.71. The van der Waals surface area contributed by atoms with Crippen LogP contribution in [-0.2, 0) is 10.8 Å². The average Bonchev–Trinajstić information content (AvgIpc) is 3.04. The third kappa shape index (κ3) is 3.79. The van der Waals surface area contributed by atoms with E-state index in [0.717, 1.165) is 33.9 Å². The van der Waals surface area contributed by atoms with Crippen LogP contribution in [0.2, 0.25) is 0 Å². The van der Waals surface area contributed by atoms with E-state index in [-0.39, 0.29) is 0 Å². The van der Waals surface area contributed by atoms with Crippen LogP contribution in [-0.4, -0.2) is 9.97 Å². The standard InChI is InChI=1S/C38H30N2/c1-37(29-15-5-3-6-16-29)31-19-9-13-27(25-31)34-22-12-24-36(40-34)38(2,30-17-7-4-8-18-30)32-20-10-14-28(26-32)33-21-11-23-35(37)39-33/h3-26H,1-2H3. The summed E-state index contributed by atoms with van der Waals surface area (Å²) in [6, 6.07) is 51.9. The average molecular weight is 515 g/mol. The predicted molar refractivity (Wildman–Crippen MR) is 163 cm³/mol. The first-order valence-electron chi connectivity index (χ1n) is 13.8. The van der Waals surface area contributed by atoms with Gasteiger partial charge in [-0.2, -0.15) is 0 Å². The van der Waals surface area contributed by atoms with E-state index in [1.54, 1.807) is 0 Å². The number of aromatic nitrogens is 2. The molecular weight excluding hydrogens is 484 g/mol. The van der Waals surface area contributed by atoms with Crippen molar-refractivity contribution in [3.05, 3.63) is 179 Å². The fraction of sp³-hybridized carbons (Fsp3) is 0.105. The number of benzene rings is 4. The number of pyridine rings is 2. The Labute approximate surface area is 236 Å². The molecular formula is C38H30N2. The van der Waals surface area contributed by atoms with Gasteiger partial charge in [0.15, 0.2) is 0 Å². The van der Waals surface area contributed by atoms with Gasteiger partial charge in [0.05, 0.1) is 33.6 Å². The first-order valence-corrected chi connectivity index (χ1v) is 13.8. The van der Waals surface area contributed by atoms with Gasteiger partial charge in [0.25, 0.3) is 0 Å². The summed E-state index contributed by atoms with van der Waals surface area (Å²) < 4.78 is 0. The zero-order valence-electron chi connectivity index (χ0n) is 22.8. The molecule has 0 aliphatic carbocycles. The summed E-state index contributed by atoms with van der Waals surface area (Å²) in [6.45, 7) is 4.57. The van der Waals surface area contributed by atoms with Crippen LogP contribution in [0.1, 0.15) is 47.5 Å². The maximum atomic E-state index is 5.35. The summed E-state index contributed by atoms with van der Waals surface area (Å²) in [5.74, 6) is 0. The van der Waals surface area contributed by atoms with Crippen molar-refractivity contribution in [2.45, 2.75) is 24.7 Å². The molecule has 8 bridgehead atoms. The van der Waals surface area contributed by atoms with Gasteiger partial charge in [0.2, 0.25) is 0 Å². The quantitative estimate of drug-likeness (QED) is 0.231. The van der Waals surface area contributed by atoms with Gasteiger partial charge in [-0.05, 0) is 72.5 Å². The van der Waals surface area contributed by atoms with Crippen LogP contribution in [0.4, 0.5) is 0 Å². The summed E-state index contributed by atoms with van der Waals surface area (Å²) in [7, 11) is 0. The maximum Gasteiger partial charge on any atom is 0.0705 e. The van der Waals surface area contributed by atoms with Crippen molar-refractivity contribution in [2.24, 2.45) is 0 Å². The normalized spacial score (nSPS) is 19.4. The highest BCUT2D eigenvalue weighted by Gasteiger charge is 2.35. The lowest BCUT2D eigenvalue weighted by atomic mass is 9.72. The van der Waals surface area contributed by atoms with Crippen LogP contribution < -0.4 is 0 Å². The molecule has 3 heterocycles. The molecule has 4 aromatic carbocycles. The van der Waals surface area contributed by atoms with Crippen LogP contribution in [0.15, 0.2) is 146 Å². The Bertz CT molecular complexity index is 1590. The van der Waals surface area contributed by atoms with Crippen molar-refractivity contribution in [1.29, 1.82) is 0 Å². The Morgan fingerprint density at radius 1 is 0.375 bits per heavy atom. The molecule has 2 atom stereocenters. The molecule has 0 radical (unpaired) electrons. The van der Waals surface area contributed by atoms with Gasteiger partial charge >= 0.3 is 0 Å². The van der Waals surface area contributed by atoms with Crippen LogP contribution >= 0.6 is 0 Å². The van der Waals surface area contributed by atoms with Gasteiger partial charge in [-0.3, -0.25) is 9.97 Å². The minimum absolute atomic E-state index is 0.453. The van der Waals surface area contributed by atoms with E-state index in [4.69, 9.17) is 9.97 Å². The summed E-state index contributed by atoms with van der Waals surface area (Å²) in [5, 5.41) is 0. The van der Waals surface area contributed by atoms with Gasteiger partial charge in [0.1, 0.15) is 0 Å². The summed E-state index contributed by atoms with van der Waals surface area (Å²) in [6.07, 6.45) is 0. The Morgan fingerprint density at radius 3 is 1.18 bits per heavy atom. The first-order chi connectivity index (χ1) is 19.6. The second kappa shape index (κ2) is 9.43. The highest BCUT2D eigenvalue weighted by Crippen LogP contribution is 2.43.